The van der Waals surface area contributed by atoms with E-state index in [1.165, 1.54) is 0 Å². The summed E-state index contributed by atoms with van der Waals surface area (Å²) in [7, 11) is 0. The first-order valence-corrected chi connectivity index (χ1v) is 5.62. The fraction of sp³-hybridized carbons (Fsp3) is 0.500. The second kappa shape index (κ2) is 5.61. The molecule has 4 heteroatoms. The van der Waals surface area contributed by atoms with Crippen molar-refractivity contribution in [3.8, 4) is 0 Å². The average molecular weight is 220 g/mol. The van der Waals surface area contributed by atoms with Gasteiger partial charge in [0, 0.05) is 32.2 Å². The van der Waals surface area contributed by atoms with Gasteiger partial charge in [-0.1, -0.05) is 0 Å². The zero-order valence-electron chi connectivity index (χ0n) is 9.19. The lowest BCUT2D eigenvalue weighted by atomic mass is 10.1. The number of ether oxygens (including phenoxy) is 1. The number of rotatable bonds is 4. The molecule has 1 aromatic heterocycles. The quantitative estimate of drug-likeness (QED) is 0.830. The number of nitrogens with zero attached hydrogens (tertiary/aromatic N) is 1. The van der Waals surface area contributed by atoms with Crippen molar-refractivity contribution in [1.82, 2.24) is 10.3 Å². The first kappa shape index (κ1) is 11.1. The van der Waals surface area contributed by atoms with E-state index >= 15 is 0 Å². The Morgan fingerprint density at radius 1 is 1.62 bits per heavy atom. The summed E-state index contributed by atoms with van der Waals surface area (Å²) >= 11 is 0. The molecule has 1 aliphatic heterocycles. The summed E-state index contributed by atoms with van der Waals surface area (Å²) in [5.41, 5.74) is 0.616. The number of amides is 1. The van der Waals surface area contributed by atoms with Gasteiger partial charge in [-0.15, -0.1) is 0 Å². The van der Waals surface area contributed by atoms with Crippen LogP contribution in [0.25, 0.3) is 0 Å². The monoisotopic (exact) mass is 220 g/mol. The van der Waals surface area contributed by atoms with E-state index in [9.17, 15) is 4.79 Å². The van der Waals surface area contributed by atoms with Gasteiger partial charge in [0.15, 0.2) is 0 Å². The predicted molar refractivity (Wildman–Crippen MR) is 60.1 cm³/mol. The molecular weight excluding hydrogens is 204 g/mol. The highest BCUT2D eigenvalue weighted by Crippen LogP contribution is 2.15. The first-order chi connectivity index (χ1) is 7.86. The lowest BCUT2D eigenvalue weighted by Crippen LogP contribution is -2.26. The molecule has 1 atom stereocenters. The van der Waals surface area contributed by atoms with Crippen molar-refractivity contribution >= 4 is 5.91 Å². The highest BCUT2D eigenvalue weighted by molar-refractivity contribution is 5.93. The molecule has 0 aromatic carbocycles. The minimum Gasteiger partial charge on any atom is -0.381 e. The predicted octanol–water partition coefficient (Wildman–Crippen LogP) is 1.24. The van der Waals surface area contributed by atoms with E-state index in [2.05, 4.69) is 10.3 Å². The zero-order valence-corrected chi connectivity index (χ0v) is 9.19. The van der Waals surface area contributed by atoms with Crippen LogP contribution in [-0.2, 0) is 4.74 Å². The average Bonchev–Trinajstić information content (AvgIpc) is 2.83. The third kappa shape index (κ3) is 3.03. The Hall–Kier alpha value is -1.42. The molecule has 1 fully saturated rings. The molecule has 0 spiro atoms. The number of nitrogens with one attached hydrogen (secondary N) is 1. The Morgan fingerprint density at radius 2 is 2.56 bits per heavy atom. The van der Waals surface area contributed by atoms with E-state index in [1.54, 1.807) is 24.5 Å². The fourth-order valence-electron chi connectivity index (χ4n) is 1.80. The fourth-order valence-corrected chi connectivity index (χ4v) is 1.80. The summed E-state index contributed by atoms with van der Waals surface area (Å²) < 4.78 is 5.28. The van der Waals surface area contributed by atoms with Gasteiger partial charge in [0.2, 0.25) is 0 Å². The smallest absolute Gasteiger partial charge is 0.252 e. The van der Waals surface area contributed by atoms with Crippen LogP contribution in [0.3, 0.4) is 0 Å². The molecule has 1 saturated heterocycles. The summed E-state index contributed by atoms with van der Waals surface area (Å²) in [6.45, 7) is 2.41. The molecule has 2 rings (SSSR count). The Morgan fingerprint density at radius 3 is 3.25 bits per heavy atom. The van der Waals surface area contributed by atoms with Gasteiger partial charge < -0.3 is 10.1 Å². The van der Waals surface area contributed by atoms with Crippen LogP contribution in [0.4, 0.5) is 0 Å². The van der Waals surface area contributed by atoms with Gasteiger partial charge in [-0.05, 0) is 30.9 Å². The van der Waals surface area contributed by atoms with Gasteiger partial charge in [-0.2, -0.15) is 0 Å². The molecule has 1 N–H and O–H groups in total. The van der Waals surface area contributed by atoms with Crippen LogP contribution in [0.2, 0.25) is 0 Å². The number of carbonyl (C=O) groups is 1. The van der Waals surface area contributed by atoms with Crippen molar-refractivity contribution < 1.29 is 9.53 Å². The maximum absolute atomic E-state index is 11.6. The summed E-state index contributed by atoms with van der Waals surface area (Å²) in [6.07, 6.45) is 5.34. The molecule has 1 aromatic rings. The van der Waals surface area contributed by atoms with Gasteiger partial charge in [0.25, 0.3) is 5.91 Å². The molecule has 86 valence electrons. The highest BCUT2D eigenvalue weighted by Gasteiger charge is 2.15. The molecule has 16 heavy (non-hydrogen) atoms. The maximum atomic E-state index is 11.6. The number of hydrogen-bond acceptors (Lipinski definition) is 3. The highest BCUT2D eigenvalue weighted by atomic mass is 16.5. The van der Waals surface area contributed by atoms with Crippen molar-refractivity contribution in [1.29, 1.82) is 0 Å². The summed E-state index contributed by atoms with van der Waals surface area (Å²) in [4.78, 5) is 15.5. The second-order valence-electron chi connectivity index (χ2n) is 4.02. The second-order valence-corrected chi connectivity index (χ2v) is 4.02. The van der Waals surface area contributed by atoms with Gasteiger partial charge in [0.1, 0.15) is 0 Å². The minimum absolute atomic E-state index is 0.0491. The van der Waals surface area contributed by atoms with E-state index in [-0.39, 0.29) is 5.91 Å². The normalized spacial score (nSPS) is 19.6. The molecule has 0 saturated carbocycles. The van der Waals surface area contributed by atoms with Crippen LogP contribution in [0, 0.1) is 5.92 Å². The Balaban J connectivity index is 1.71. The molecular formula is C12H16N2O2. The van der Waals surface area contributed by atoms with Crippen LogP contribution in [0.1, 0.15) is 23.2 Å². The van der Waals surface area contributed by atoms with Crippen LogP contribution in [0.5, 0.6) is 0 Å². The molecule has 0 radical (unpaired) electrons. The molecule has 2 heterocycles. The van der Waals surface area contributed by atoms with Crippen LogP contribution >= 0.6 is 0 Å². The van der Waals surface area contributed by atoms with Gasteiger partial charge >= 0.3 is 0 Å². The standard InChI is InChI=1S/C12H16N2O2/c15-12(11-2-1-5-13-8-11)14-6-3-10-4-7-16-9-10/h1-2,5,8,10H,3-4,6-7,9H2,(H,14,15). The van der Waals surface area contributed by atoms with Crippen LogP contribution < -0.4 is 5.32 Å². The van der Waals surface area contributed by atoms with E-state index in [1.807, 2.05) is 0 Å². The largest absolute Gasteiger partial charge is 0.381 e. The topological polar surface area (TPSA) is 51.2 Å². The minimum atomic E-state index is -0.0491. The van der Waals surface area contributed by atoms with Crippen molar-refractivity contribution in [3.63, 3.8) is 0 Å². The van der Waals surface area contributed by atoms with E-state index in [0.29, 0.717) is 18.0 Å². The first-order valence-electron chi connectivity index (χ1n) is 5.62. The lowest BCUT2D eigenvalue weighted by molar-refractivity contribution is 0.0950. The third-order valence-corrected chi connectivity index (χ3v) is 2.79. The Kier molecular flexibility index (Phi) is 3.88. The number of carbonyl (C=O) groups excluding carboxylic acids is 1. The summed E-state index contributed by atoms with van der Waals surface area (Å²) in [5, 5.41) is 2.89. The third-order valence-electron chi connectivity index (χ3n) is 2.79. The molecule has 1 amide bonds. The SMILES string of the molecule is O=C(NCCC1CCOC1)c1cccnc1. The molecule has 1 aliphatic rings. The molecule has 4 nitrogen and oxygen atoms in total. The van der Waals surface area contributed by atoms with Crippen molar-refractivity contribution in [2.24, 2.45) is 5.92 Å². The molecule has 0 bridgehead atoms. The van der Waals surface area contributed by atoms with Crippen molar-refractivity contribution in [2.45, 2.75) is 12.8 Å². The Bertz CT molecular complexity index is 334. The number of aromatic nitrogens is 1. The number of pyridine rings is 1. The van der Waals surface area contributed by atoms with Gasteiger partial charge in [-0.3, -0.25) is 9.78 Å². The zero-order chi connectivity index (χ0) is 11.2. The summed E-state index contributed by atoms with van der Waals surface area (Å²) in [6, 6.07) is 3.53. The van der Waals surface area contributed by atoms with E-state index in [0.717, 1.165) is 26.1 Å². The number of hydrogen-bond donors (Lipinski definition) is 1. The van der Waals surface area contributed by atoms with Crippen LogP contribution in [-0.4, -0.2) is 30.6 Å². The van der Waals surface area contributed by atoms with E-state index < -0.39 is 0 Å². The maximum Gasteiger partial charge on any atom is 0.252 e. The van der Waals surface area contributed by atoms with Crippen LogP contribution in [0.15, 0.2) is 24.5 Å². The Labute approximate surface area is 95.0 Å². The van der Waals surface area contributed by atoms with Crippen molar-refractivity contribution in [3.05, 3.63) is 30.1 Å². The van der Waals surface area contributed by atoms with Gasteiger partial charge in [-0.25, -0.2) is 0 Å². The van der Waals surface area contributed by atoms with E-state index in [4.69, 9.17) is 4.74 Å². The summed E-state index contributed by atoms with van der Waals surface area (Å²) in [5.74, 6) is 0.557. The molecule has 1 unspecified atom stereocenters. The lowest BCUT2D eigenvalue weighted by Gasteiger charge is -2.08. The van der Waals surface area contributed by atoms with Crippen molar-refractivity contribution in [2.75, 3.05) is 19.8 Å². The van der Waals surface area contributed by atoms with Gasteiger partial charge in [0.05, 0.1) is 5.56 Å². The molecule has 0 aliphatic carbocycles.